The number of allylic oxidation sites excluding steroid dienone is 1. The highest BCUT2D eigenvalue weighted by molar-refractivity contribution is 6.32. The summed E-state index contributed by atoms with van der Waals surface area (Å²) in [6, 6.07) is 18.0. The van der Waals surface area contributed by atoms with E-state index in [9.17, 15) is 5.11 Å². The van der Waals surface area contributed by atoms with E-state index in [0.717, 1.165) is 65.8 Å². The highest BCUT2D eigenvalue weighted by Crippen LogP contribution is 2.38. The number of halogens is 1. The van der Waals surface area contributed by atoms with Crippen LogP contribution in [0.25, 0.3) is 27.6 Å². The summed E-state index contributed by atoms with van der Waals surface area (Å²) in [4.78, 5) is 4.80. The molecule has 0 atom stereocenters. The second-order valence-electron chi connectivity index (χ2n) is 10.5. The fourth-order valence-corrected chi connectivity index (χ4v) is 5.44. The Balaban J connectivity index is 0.000000494. The zero-order chi connectivity index (χ0) is 27.4. The normalized spacial score (nSPS) is 15.2. The largest absolute Gasteiger partial charge is 0.401 e. The monoisotopic (exact) mass is 535 g/mol. The number of ether oxygens (including phenoxy) is 1. The zero-order valence-corrected chi connectivity index (χ0v) is 23.4. The maximum atomic E-state index is 10.7. The van der Waals surface area contributed by atoms with Crippen LogP contribution in [-0.4, -0.2) is 39.9 Å². The minimum Gasteiger partial charge on any atom is -0.401 e. The van der Waals surface area contributed by atoms with E-state index >= 15 is 0 Å². The Morgan fingerprint density at radius 1 is 1.11 bits per heavy atom. The molecule has 0 radical (unpaired) electrons. The first kappa shape index (κ1) is 27.9. The van der Waals surface area contributed by atoms with Crippen LogP contribution < -0.4 is 11.6 Å². The first-order valence-electron chi connectivity index (χ1n) is 12.9. The third kappa shape index (κ3) is 6.13. The maximum absolute atomic E-state index is 10.7. The van der Waals surface area contributed by atoms with E-state index in [4.69, 9.17) is 32.9 Å². The zero-order valence-electron chi connectivity index (χ0n) is 22.6. The summed E-state index contributed by atoms with van der Waals surface area (Å²) >= 11 is 6.59. The summed E-state index contributed by atoms with van der Waals surface area (Å²) in [6.45, 7) is 7.73. The Morgan fingerprint density at radius 2 is 1.71 bits per heavy atom. The molecule has 38 heavy (non-hydrogen) atoms. The van der Waals surface area contributed by atoms with Crippen molar-refractivity contribution >= 4 is 39.2 Å². The minimum absolute atomic E-state index is 0.496. The van der Waals surface area contributed by atoms with Crippen molar-refractivity contribution in [2.75, 3.05) is 20.3 Å². The van der Waals surface area contributed by atoms with Gasteiger partial charge in [-0.1, -0.05) is 48.0 Å². The Kier molecular flexibility index (Phi) is 8.63. The first-order chi connectivity index (χ1) is 18.1. The topological polar surface area (TPSA) is 103 Å². The third-order valence-electron chi connectivity index (χ3n) is 6.90. The molecule has 1 saturated heterocycles. The number of pyridine rings is 1. The van der Waals surface area contributed by atoms with Crippen LogP contribution in [0.1, 0.15) is 44.7 Å². The molecule has 202 valence electrons. The molecule has 2 aromatic carbocycles. The lowest BCUT2D eigenvalue weighted by Crippen LogP contribution is -2.26. The summed E-state index contributed by atoms with van der Waals surface area (Å²) in [5, 5.41) is 13.7. The minimum atomic E-state index is -1.06. The molecule has 0 amide bonds. The fourth-order valence-electron chi connectivity index (χ4n) is 5.05. The van der Waals surface area contributed by atoms with Gasteiger partial charge in [0.15, 0.2) is 0 Å². The Labute approximate surface area is 229 Å². The molecular weight excluding hydrogens is 498 g/mol. The highest BCUT2D eigenvalue weighted by Gasteiger charge is 2.25. The molecule has 1 fully saturated rings. The van der Waals surface area contributed by atoms with Crippen LogP contribution in [0.4, 0.5) is 0 Å². The van der Waals surface area contributed by atoms with Gasteiger partial charge < -0.3 is 25.2 Å². The molecule has 8 heteroatoms. The Hall–Kier alpha value is -3.10. The van der Waals surface area contributed by atoms with E-state index in [-0.39, 0.29) is 0 Å². The fraction of sp³-hybridized carbons (Fsp3) is 0.367. The lowest BCUT2D eigenvalue weighted by Gasteiger charge is -2.24. The summed E-state index contributed by atoms with van der Waals surface area (Å²) in [5.41, 5.74) is 10.8. The summed E-state index contributed by atoms with van der Waals surface area (Å²) in [5.74, 6) is 6.56. The van der Waals surface area contributed by atoms with Gasteiger partial charge in [-0.3, -0.25) is 4.98 Å². The summed E-state index contributed by atoms with van der Waals surface area (Å²) in [7, 11) is 1.77. The van der Waals surface area contributed by atoms with Gasteiger partial charge in [0.1, 0.15) is 0 Å². The predicted molar refractivity (Wildman–Crippen MR) is 156 cm³/mol. The number of fused-ring (bicyclic) bond motifs is 3. The van der Waals surface area contributed by atoms with Crippen molar-refractivity contribution in [2.24, 2.45) is 17.5 Å². The quantitative estimate of drug-likeness (QED) is 0.226. The molecule has 0 saturated carbocycles. The number of hydrogen-bond donors (Lipinski definition) is 3. The van der Waals surface area contributed by atoms with Gasteiger partial charge in [-0.05, 0) is 57.7 Å². The first-order valence-corrected chi connectivity index (χ1v) is 13.3. The third-order valence-corrected chi connectivity index (χ3v) is 7.21. The maximum Gasteiger partial charge on any atom is 0.0960 e. The molecular formula is C30H38ClN5O2. The van der Waals surface area contributed by atoms with Crippen LogP contribution in [0.5, 0.6) is 0 Å². The van der Waals surface area contributed by atoms with Crippen molar-refractivity contribution < 1.29 is 9.84 Å². The number of rotatable bonds is 5. The molecule has 0 unspecified atom stereocenters. The number of nitrogens with zero attached hydrogens (tertiary/aromatic N) is 3. The Bertz CT molecular complexity index is 1390. The lowest BCUT2D eigenvalue weighted by molar-refractivity contribution is 0.0619. The van der Waals surface area contributed by atoms with Gasteiger partial charge in [-0.15, -0.1) is 0 Å². The van der Waals surface area contributed by atoms with Crippen LogP contribution in [-0.2, 0) is 16.9 Å². The van der Waals surface area contributed by atoms with Gasteiger partial charge in [0, 0.05) is 60.2 Å². The molecule has 0 aliphatic carbocycles. The molecule has 5 rings (SSSR count). The number of nitrogens with two attached hydrogens (primary N) is 2. The van der Waals surface area contributed by atoms with E-state index in [1.165, 1.54) is 5.01 Å². The van der Waals surface area contributed by atoms with Crippen LogP contribution in [0.15, 0.2) is 66.5 Å². The number of hydrogen-bond acceptors (Lipinski definition) is 6. The molecule has 1 aliphatic rings. The second kappa shape index (κ2) is 11.7. The van der Waals surface area contributed by atoms with Crippen molar-refractivity contribution in [3.8, 4) is 0 Å². The Morgan fingerprint density at radius 3 is 2.24 bits per heavy atom. The number of benzene rings is 2. The molecule has 3 heterocycles. The van der Waals surface area contributed by atoms with Crippen molar-refractivity contribution in [1.29, 1.82) is 0 Å². The van der Waals surface area contributed by atoms with Gasteiger partial charge in [-0.25, -0.2) is 5.84 Å². The number of aliphatic hydroxyl groups is 1. The lowest BCUT2D eigenvalue weighted by atomic mass is 9.97. The van der Waals surface area contributed by atoms with Crippen molar-refractivity contribution in [2.45, 2.75) is 45.8 Å². The molecule has 0 spiro atoms. The van der Waals surface area contributed by atoms with Crippen molar-refractivity contribution in [3.63, 3.8) is 0 Å². The van der Waals surface area contributed by atoms with Crippen LogP contribution in [0, 0.1) is 5.92 Å². The molecule has 4 aromatic rings. The van der Waals surface area contributed by atoms with E-state index in [2.05, 4.69) is 10.6 Å². The predicted octanol–water partition coefficient (Wildman–Crippen LogP) is 5.64. The summed E-state index contributed by atoms with van der Waals surface area (Å²) < 4.78 is 7.86. The van der Waals surface area contributed by atoms with Gasteiger partial charge in [0.25, 0.3) is 0 Å². The van der Waals surface area contributed by atoms with Gasteiger partial charge in [-0.2, -0.15) is 0 Å². The standard InChI is InChI=1S/C24H32ClN5O2.C6H6/c1-14(26)23(29(4)27)16-9-21-22(28-12-16)17-10-19(25)18(24(2,3)31)11-20(17)30(21)13-15-5-7-32-8-6-15;1-2-4-6-5-3-1/h9-12,15,31H,5-8,13,26-27H2,1-4H3;1-6H/b23-14-;. The SMILES string of the molecule is C/C(N)=C(\c1cnc2c3cc(Cl)c(C(C)(C)O)cc3n(CC3CCOCC3)c2c1)N(C)N.c1ccccc1. The van der Waals surface area contributed by atoms with Crippen molar-refractivity contribution in [1.82, 2.24) is 14.6 Å². The number of aromatic nitrogens is 2. The second-order valence-corrected chi connectivity index (χ2v) is 10.9. The van der Waals surface area contributed by atoms with E-state index in [1.54, 1.807) is 27.1 Å². The van der Waals surface area contributed by atoms with E-state index < -0.39 is 5.60 Å². The van der Waals surface area contributed by atoms with Crippen LogP contribution in [0.2, 0.25) is 5.02 Å². The average molecular weight is 536 g/mol. The van der Waals surface area contributed by atoms with Gasteiger partial charge in [0.2, 0.25) is 0 Å². The van der Waals surface area contributed by atoms with Crippen LogP contribution >= 0.6 is 11.6 Å². The molecule has 0 bridgehead atoms. The highest BCUT2D eigenvalue weighted by atomic mass is 35.5. The average Bonchev–Trinajstić information content (AvgIpc) is 3.16. The van der Waals surface area contributed by atoms with E-state index in [0.29, 0.717) is 22.2 Å². The molecule has 5 N–H and O–H groups in total. The van der Waals surface area contributed by atoms with Crippen molar-refractivity contribution in [3.05, 3.63) is 82.6 Å². The molecule has 1 aliphatic heterocycles. The van der Waals surface area contributed by atoms with Gasteiger partial charge >= 0.3 is 0 Å². The summed E-state index contributed by atoms with van der Waals surface area (Å²) in [6.07, 6.45) is 3.82. The van der Waals surface area contributed by atoms with E-state index in [1.807, 2.05) is 55.5 Å². The van der Waals surface area contributed by atoms with Gasteiger partial charge in [0.05, 0.1) is 27.8 Å². The molecule has 2 aromatic heterocycles. The number of hydrazine groups is 1. The smallest absolute Gasteiger partial charge is 0.0960 e. The molecule has 7 nitrogen and oxygen atoms in total. The van der Waals surface area contributed by atoms with Crippen LogP contribution in [0.3, 0.4) is 0 Å².